The van der Waals surface area contributed by atoms with E-state index >= 15 is 0 Å². The van der Waals surface area contributed by atoms with Crippen LogP contribution in [0.2, 0.25) is 0 Å². The molecule has 0 radical (unpaired) electrons. The van der Waals surface area contributed by atoms with Crippen molar-refractivity contribution in [1.29, 1.82) is 0 Å². The van der Waals surface area contributed by atoms with Crippen LogP contribution in [0, 0.1) is 6.92 Å². The second-order valence-corrected chi connectivity index (χ2v) is 6.88. The quantitative estimate of drug-likeness (QED) is 0.361. The van der Waals surface area contributed by atoms with E-state index in [1.807, 2.05) is 25.1 Å². The van der Waals surface area contributed by atoms with Gasteiger partial charge in [0, 0.05) is 10.5 Å². The van der Waals surface area contributed by atoms with Crippen molar-refractivity contribution in [3.8, 4) is 0 Å². The van der Waals surface area contributed by atoms with Crippen LogP contribution in [0.4, 0.5) is 10.5 Å². The summed E-state index contributed by atoms with van der Waals surface area (Å²) >= 11 is 0.906. The number of carbonyl (C=O) groups excluding carboxylic acids is 3. The molecule has 0 atom stereocenters. The van der Waals surface area contributed by atoms with E-state index in [4.69, 9.17) is 0 Å². The minimum Gasteiger partial charge on any atom is -0.283 e. The van der Waals surface area contributed by atoms with E-state index in [1.165, 1.54) is 0 Å². The van der Waals surface area contributed by atoms with E-state index in [1.54, 1.807) is 66.7 Å². The fourth-order valence-corrected chi connectivity index (χ4v) is 3.22. The number of hydrogen-bond donors (Lipinski definition) is 0. The molecule has 0 unspecified atom stereocenters. The first-order chi connectivity index (χ1) is 13.1. The van der Waals surface area contributed by atoms with Crippen LogP contribution in [-0.2, 0) is 4.79 Å². The van der Waals surface area contributed by atoms with Crippen molar-refractivity contribution < 1.29 is 14.4 Å². The lowest BCUT2D eigenvalue weighted by atomic mass is 10.1. The molecule has 2 amide bonds. The first-order valence-electron chi connectivity index (χ1n) is 8.33. The van der Waals surface area contributed by atoms with Gasteiger partial charge in [-0.25, -0.2) is 4.90 Å². The number of thioether (sulfide) groups is 1. The molecule has 0 N–H and O–H groups in total. The van der Waals surface area contributed by atoms with Crippen LogP contribution in [0.3, 0.4) is 0 Å². The molecule has 0 fully saturated rings. The van der Waals surface area contributed by atoms with Gasteiger partial charge in [0.1, 0.15) is 0 Å². The highest BCUT2D eigenvalue weighted by Crippen LogP contribution is 2.26. The number of ketones is 1. The van der Waals surface area contributed by atoms with Gasteiger partial charge in [-0.1, -0.05) is 66.2 Å². The molecular weight excluding hydrogens is 358 g/mol. The van der Waals surface area contributed by atoms with E-state index in [2.05, 4.69) is 0 Å². The molecule has 0 aliphatic rings. The molecule has 5 heteroatoms. The number of carbonyl (C=O) groups is 3. The zero-order valence-electron chi connectivity index (χ0n) is 14.7. The monoisotopic (exact) mass is 375 g/mol. The van der Waals surface area contributed by atoms with Crippen molar-refractivity contribution in [3.05, 3.63) is 96.1 Å². The Kier molecular flexibility index (Phi) is 5.84. The Morgan fingerprint density at radius 3 is 1.89 bits per heavy atom. The summed E-state index contributed by atoms with van der Waals surface area (Å²) in [5.41, 5.74) is 1.60. The maximum Gasteiger partial charge on any atom is 0.306 e. The minimum absolute atomic E-state index is 0.247. The van der Waals surface area contributed by atoms with Gasteiger partial charge in [-0.15, -0.1) is 0 Å². The maximum absolute atomic E-state index is 12.9. The third-order valence-electron chi connectivity index (χ3n) is 3.86. The van der Waals surface area contributed by atoms with Gasteiger partial charge >= 0.3 is 5.91 Å². The van der Waals surface area contributed by atoms with Crippen molar-refractivity contribution in [2.75, 3.05) is 4.90 Å². The van der Waals surface area contributed by atoms with Gasteiger partial charge in [0.2, 0.25) is 0 Å². The number of amides is 2. The minimum atomic E-state index is -0.876. The average molecular weight is 375 g/mol. The number of anilines is 1. The zero-order valence-corrected chi connectivity index (χ0v) is 15.5. The molecule has 134 valence electrons. The van der Waals surface area contributed by atoms with Crippen LogP contribution >= 0.6 is 11.8 Å². The normalized spacial score (nSPS) is 10.3. The topological polar surface area (TPSA) is 54.5 Å². The predicted molar refractivity (Wildman–Crippen MR) is 107 cm³/mol. The molecule has 0 saturated heterocycles. The van der Waals surface area contributed by atoms with Gasteiger partial charge in [-0.2, -0.15) is 0 Å². The molecule has 3 aromatic carbocycles. The largest absolute Gasteiger partial charge is 0.306 e. The van der Waals surface area contributed by atoms with Crippen molar-refractivity contribution in [2.45, 2.75) is 11.8 Å². The third kappa shape index (κ3) is 4.51. The summed E-state index contributed by atoms with van der Waals surface area (Å²) in [5, 5.41) is -0.528. The van der Waals surface area contributed by atoms with E-state index < -0.39 is 16.9 Å². The fourth-order valence-electron chi connectivity index (χ4n) is 2.45. The average Bonchev–Trinajstić information content (AvgIpc) is 2.70. The van der Waals surface area contributed by atoms with Crippen LogP contribution in [0.25, 0.3) is 0 Å². The molecule has 4 nitrogen and oxygen atoms in total. The van der Waals surface area contributed by atoms with Gasteiger partial charge in [-0.3, -0.25) is 14.4 Å². The SMILES string of the molecule is Cc1ccc(N(C(=O)Sc2ccccc2)C(=O)C(=O)c2ccccc2)cc1. The molecule has 0 aromatic heterocycles. The smallest absolute Gasteiger partial charge is 0.283 e. The van der Waals surface area contributed by atoms with Crippen LogP contribution < -0.4 is 4.90 Å². The number of aryl methyl sites for hydroxylation is 1. The van der Waals surface area contributed by atoms with E-state index in [-0.39, 0.29) is 5.56 Å². The highest BCUT2D eigenvalue weighted by molar-refractivity contribution is 8.14. The molecule has 0 aliphatic carbocycles. The number of nitrogens with zero attached hydrogens (tertiary/aromatic N) is 1. The summed E-state index contributed by atoms with van der Waals surface area (Å²) in [4.78, 5) is 40.1. The number of imide groups is 1. The number of Topliss-reactive ketones (excluding diaryl/α,β-unsaturated/α-hetero) is 1. The Balaban J connectivity index is 1.94. The standard InChI is InChI=1S/C22H17NO3S/c1-16-12-14-18(15-13-16)23(22(26)27-19-10-6-3-7-11-19)21(25)20(24)17-8-4-2-5-9-17/h2-15H,1H3. The fraction of sp³-hybridized carbons (Fsp3) is 0.0455. The predicted octanol–water partition coefficient (Wildman–Crippen LogP) is 5.12. The lowest BCUT2D eigenvalue weighted by Crippen LogP contribution is -2.39. The second kappa shape index (κ2) is 8.47. The summed E-state index contributed by atoms with van der Waals surface area (Å²) in [6.45, 7) is 1.91. The first kappa shape index (κ1) is 18.6. The number of rotatable bonds is 4. The van der Waals surface area contributed by atoms with E-state index in [0.29, 0.717) is 10.6 Å². The van der Waals surface area contributed by atoms with Gasteiger partial charge in [0.15, 0.2) is 0 Å². The Labute approximate surface area is 161 Å². The van der Waals surface area contributed by atoms with Gasteiger partial charge in [-0.05, 0) is 43.0 Å². The number of benzene rings is 3. The molecule has 27 heavy (non-hydrogen) atoms. The molecular formula is C22H17NO3S. The molecule has 3 aromatic rings. The van der Waals surface area contributed by atoms with Crippen LogP contribution in [0.5, 0.6) is 0 Å². The maximum atomic E-state index is 12.9. The summed E-state index contributed by atoms with van der Waals surface area (Å²) in [5.74, 6) is -1.60. The highest BCUT2D eigenvalue weighted by Gasteiger charge is 2.30. The zero-order chi connectivity index (χ0) is 19.2. The molecule has 3 rings (SSSR count). The van der Waals surface area contributed by atoms with Crippen LogP contribution in [0.1, 0.15) is 15.9 Å². The highest BCUT2D eigenvalue weighted by atomic mass is 32.2. The third-order valence-corrected chi connectivity index (χ3v) is 4.72. The van der Waals surface area contributed by atoms with Gasteiger partial charge < -0.3 is 0 Å². The van der Waals surface area contributed by atoms with Crippen molar-refractivity contribution in [3.63, 3.8) is 0 Å². The molecule has 0 heterocycles. The Bertz CT molecular complexity index is 954. The van der Waals surface area contributed by atoms with E-state index in [9.17, 15) is 14.4 Å². The number of hydrogen-bond acceptors (Lipinski definition) is 4. The van der Waals surface area contributed by atoms with Crippen LogP contribution in [0.15, 0.2) is 89.8 Å². The molecule has 0 aliphatic heterocycles. The van der Waals surface area contributed by atoms with Crippen LogP contribution in [-0.4, -0.2) is 16.9 Å². The van der Waals surface area contributed by atoms with E-state index in [0.717, 1.165) is 22.2 Å². The summed E-state index contributed by atoms with van der Waals surface area (Å²) in [7, 11) is 0. The summed E-state index contributed by atoms with van der Waals surface area (Å²) < 4.78 is 0. The molecule has 0 spiro atoms. The van der Waals surface area contributed by atoms with Crippen molar-refractivity contribution in [2.24, 2.45) is 0 Å². The van der Waals surface area contributed by atoms with Crippen molar-refractivity contribution >= 4 is 34.4 Å². The Hall–Kier alpha value is -3.18. The Morgan fingerprint density at radius 1 is 0.741 bits per heavy atom. The first-order valence-corrected chi connectivity index (χ1v) is 9.15. The molecule has 0 saturated carbocycles. The second-order valence-electron chi connectivity index (χ2n) is 5.85. The summed E-state index contributed by atoms with van der Waals surface area (Å²) in [6.07, 6.45) is 0. The van der Waals surface area contributed by atoms with Gasteiger partial charge in [0.25, 0.3) is 11.0 Å². The lowest BCUT2D eigenvalue weighted by Gasteiger charge is -2.20. The van der Waals surface area contributed by atoms with Crippen molar-refractivity contribution in [1.82, 2.24) is 0 Å². The lowest BCUT2D eigenvalue weighted by molar-refractivity contribution is -0.113. The summed E-state index contributed by atoms with van der Waals surface area (Å²) in [6, 6.07) is 24.2. The Morgan fingerprint density at radius 2 is 1.30 bits per heavy atom. The van der Waals surface area contributed by atoms with Gasteiger partial charge in [0.05, 0.1) is 5.69 Å². The molecule has 0 bridgehead atoms.